The molecule has 3 heteroatoms. The predicted octanol–water partition coefficient (Wildman–Crippen LogP) is 4.97. The molecule has 0 amide bonds. The summed E-state index contributed by atoms with van der Waals surface area (Å²) in [5, 5.41) is 3.45. The molecule has 0 aliphatic carbocycles. The lowest BCUT2D eigenvalue weighted by Crippen LogP contribution is -1.91. The van der Waals surface area contributed by atoms with Gasteiger partial charge in [-0.1, -0.05) is 22.9 Å². The van der Waals surface area contributed by atoms with Crippen molar-refractivity contribution in [1.82, 2.24) is 0 Å². The second-order valence-corrected chi connectivity index (χ2v) is 5.18. The molecule has 0 saturated heterocycles. The Morgan fingerprint density at radius 3 is 2.86 bits per heavy atom. The quantitative estimate of drug-likeness (QED) is 0.685. The van der Waals surface area contributed by atoms with Crippen LogP contribution in [0.25, 0.3) is 10.1 Å². The average Bonchev–Trinajstić information content (AvgIpc) is 2.62. The number of halogens is 2. The van der Waals surface area contributed by atoms with E-state index in [4.69, 9.17) is 11.6 Å². The Bertz CT molecular complexity index is 462. The van der Waals surface area contributed by atoms with Gasteiger partial charge in [-0.3, -0.25) is 0 Å². The Morgan fingerprint density at radius 2 is 2.21 bits per heavy atom. The van der Waals surface area contributed by atoms with Crippen LogP contribution in [0.5, 0.6) is 0 Å². The molecular formula is C11H10BrClS. The van der Waals surface area contributed by atoms with E-state index < -0.39 is 0 Å². The van der Waals surface area contributed by atoms with Crippen LogP contribution in [0.1, 0.15) is 18.1 Å². The fraction of sp³-hybridized carbons (Fsp3) is 0.273. The van der Waals surface area contributed by atoms with Crippen LogP contribution in [0.3, 0.4) is 0 Å². The largest absolute Gasteiger partial charge is 0.144 e. The number of thiophene rings is 1. The monoisotopic (exact) mass is 288 g/mol. The zero-order valence-corrected chi connectivity index (χ0v) is 11.0. The van der Waals surface area contributed by atoms with Gasteiger partial charge in [0, 0.05) is 15.1 Å². The lowest BCUT2D eigenvalue weighted by atomic mass is 10.0. The lowest BCUT2D eigenvalue weighted by Gasteiger charge is -2.08. The van der Waals surface area contributed by atoms with Crippen molar-refractivity contribution < 1.29 is 0 Å². The Labute approximate surface area is 101 Å². The van der Waals surface area contributed by atoms with Gasteiger partial charge in [-0.15, -0.1) is 22.9 Å². The molecule has 0 N–H and O–H groups in total. The van der Waals surface area contributed by atoms with Crippen molar-refractivity contribution >= 4 is 49.0 Å². The van der Waals surface area contributed by atoms with Crippen LogP contribution in [-0.2, 0) is 12.3 Å². The summed E-state index contributed by atoms with van der Waals surface area (Å²) < 4.78 is 2.52. The lowest BCUT2D eigenvalue weighted by molar-refractivity contribution is 1.12. The topological polar surface area (TPSA) is 0 Å². The fourth-order valence-electron chi connectivity index (χ4n) is 1.70. The molecule has 0 fully saturated rings. The molecule has 0 nitrogen and oxygen atoms in total. The van der Waals surface area contributed by atoms with E-state index in [1.165, 1.54) is 21.2 Å². The van der Waals surface area contributed by atoms with Crippen LogP contribution in [0.2, 0.25) is 0 Å². The summed E-state index contributed by atoms with van der Waals surface area (Å²) in [5.41, 5.74) is 2.63. The standard InChI is InChI=1S/C11H10BrClS/c1-2-8-9(6-13)10(12)5-7-3-4-14-11(7)8/h3-5H,2,6H2,1H3. The van der Waals surface area contributed by atoms with Crippen LogP contribution >= 0.6 is 38.9 Å². The third kappa shape index (κ3) is 1.60. The molecule has 1 aromatic heterocycles. The van der Waals surface area contributed by atoms with Crippen molar-refractivity contribution in [2.45, 2.75) is 19.2 Å². The summed E-state index contributed by atoms with van der Waals surface area (Å²) in [5.74, 6) is 0.581. The van der Waals surface area contributed by atoms with E-state index in [-0.39, 0.29) is 0 Å². The van der Waals surface area contributed by atoms with Crippen molar-refractivity contribution in [2.24, 2.45) is 0 Å². The number of benzene rings is 1. The summed E-state index contributed by atoms with van der Waals surface area (Å²) >= 11 is 11.3. The molecule has 0 aliphatic heterocycles. The number of aryl methyl sites for hydroxylation is 1. The van der Waals surface area contributed by atoms with Gasteiger partial charge < -0.3 is 0 Å². The summed E-state index contributed by atoms with van der Waals surface area (Å²) in [6.45, 7) is 2.18. The first kappa shape index (κ1) is 10.5. The molecule has 0 unspecified atom stereocenters. The highest BCUT2D eigenvalue weighted by molar-refractivity contribution is 9.10. The Hall–Kier alpha value is -0.0500. The third-order valence-electron chi connectivity index (χ3n) is 2.39. The zero-order chi connectivity index (χ0) is 10.1. The van der Waals surface area contributed by atoms with Gasteiger partial charge >= 0.3 is 0 Å². The van der Waals surface area contributed by atoms with Crippen LogP contribution in [0, 0.1) is 0 Å². The third-order valence-corrected chi connectivity index (χ3v) is 4.36. The average molecular weight is 290 g/mol. The predicted molar refractivity (Wildman–Crippen MR) is 68.5 cm³/mol. The highest BCUT2D eigenvalue weighted by atomic mass is 79.9. The highest BCUT2D eigenvalue weighted by Gasteiger charge is 2.10. The van der Waals surface area contributed by atoms with Crippen LogP contribution in [0.4, 0.5) is 0 Å². The molecule has 0 atom stereocenters. The van der Waals surface area contributed by atoms with Crippen molar-refractivity contribution in [3.63, 3.8) is 0 Å². The maximum Gasteiger partial charge on any atom is 0.0488 e. The van der Waals surface area contributed by atoms with Gasteiger partial charge in [0.1, 0.15) is 0 Å². The molecule has 0 spiro atoms. The van der Waals surface area contributed by atoms with Crippen molar-refractivity contribution in [2.75, 3.05) is 0 Å². The molecule has 74 valence electrons. The SMILES string of the molecule is CCc1c(CCl)c(Br)cc2ccsc12. The van der Waals surface area contributed by atoms with Gasteiger partial charge in [-0.05, 0) is 40.4 Å². The van der Waals surface area contributed by atoms with E-state index in [0.717, 1.165) is 10.9 Å². The first-order valence-electron chi connectivity index (χ1n) is 4.51. The van der Waals surface area contributed by atoms with Gasteiger partial charge in [0.2, 0.25) is 0 Å². The second-order valence-electron chi connectivity index (χ2n) is 3.14. The molecule has 0 aliphatic rings. The number of alkyl halides is 1. The number of fused-ring (bicyclic) bond motifs is 1. The van der Waals surface area contributed by atoms with E-state index in [9.17, 15) is 0 Å². The molecular weight excluding hydrogens is 280 g/mol. The molecule has 14 heavy (non-hydrogen) atoms. The first-order valence-corrected chi connectivity index (χ1v) is 6.72. The Kier molecular flexibility index (Phi) is 3.15. The molecule has 2 aromatic rings. The molecule has 0 saturated carbocycles. The minimum Gasteiger partial charge on any atom is -0.144 e. The fourth-order valence-corrected chi connectivity index (χ4v) is 3.82. The van der Waals surface area contributed by atoms with Crippen molar-refractivity contribution in [3.8, 4) is 0 Å². The second kappa shape index (κ2) is 4.21. The maximum absolute atomic E-state index is 5.96. The summed E-state index contributed by atoms with van der Waals surface area (Å²) in [4.78, 5) is 0. The van der Waals surface area contributed by atoms with Crippen LogP contribution in [0.15, 0.2) is 22.0 Å². The Morgan fingerprint density at radius 1 is 1.43 bits per heavy atom. The number of rotatable bonds is 2. The first-order chi connectivity index (χ1) is 6.77. The van der Waals surface area contributed by atoms with E-state index in [2.05, 4.69) is 40.4 Å². The van der Waals surface area contributed by atoms with Gasteiger partial charge in [-0.2, -0.15) is 0 Å². The van der Waals surface area contributed by atoms with Crippen molar-refractivity contribution in [3.05, 3.63) is 33.1 Å². The zero-order valence-electron chi connectivity index (χ0n) is 7.81. The molecule has 0 bridgehead atoms. The highest BCUT2D eigenvalue weighted by Crippen LogP contribution is 2.34. The smallest absolute Gasteiger partial charge is 0.0488 e. The van der Waals surface area contributed by atoms with Crippen molar-refractivity contribution in [1.29, 1.82) is 0 Å². The van der Waals surface area contributed by atoms with E-state index in [0.29, 0.717) is 5.88 Å². The maximum atomic E-state index is 5.96. The summed E-state index contributed by atoms with van der Waals surface area (Å²) in [7, 11) is 0. The van der Waals surface area contributed by atoms with E-state index in [1.54, 1.807) is 11.3 Å². The minimum atomic E-state index is 0.581. The number of hydrogen-bond acceptors (Lipinski definition) is 1. The normalized spacial score (nSPS) is 11.1. The van der Waals surface area contributed by atoms with E-state index >= 15 is 0 Å². The minimum absolute atomic E-state index is 0.581. The molecule has 2 rings (SSSR count). The van der Waals surface area contributed by atoms with Gasteiger partial charge in [0.15, 0.2) is 0 Å². The Balaban J connectivity index is 2.82. The molecule has 1 aromatic carbocycles. The number of hydrogen-bond donors (Lipinski definition) is 0. The van der Waals surface area contributed by atoms with E-state index in [1.807, 2.05) is 0 Å². The van der Waals surface area contributed by atoms with Gasteiger partial charge in [0.05, 0.1) is 0 Å². The summed E-state index contributed by atoms with van der Waals surface area (Å²) in [6, 6.07) is 4.31. The van der Waals surface area contributed by atoms with Gasteiger partial charge in [0.25, 0.3) is 0 Å². The molecule has 1 heterocycles. The van der Waals surface area contributed by atoms with Gasteiger partial charge in [-0.25, -0.2) is 0 Å². The summed E-state index contributed by atoms with van der Waals surface area (Å²) in [6.07, 6.45) is 1.04. The van der Waals surface area contributed by atoms with Crippen LogP contribution < -0.4 is 0 Å². The molecule has 0 radical (unpaired) electrons. The van der Waals surface area contributed by atoms with Crippen LogP contribution in [-0.4, -0.2) is 0 Å².